The molecule has 0 spiro atoms. The van der Waals surface area contributed by atoms with E-state index in [2.05, 4.69) is 25.7 Å². The smallest absolute Gasteiger partial charge is 0.407 e. The van der Waals surface area contributed by atoms with Gasteiger partial charge in [0.1, 0.15) is 11.3 Å². The van der Waals surface area contributed by atoms with Crippen LogP contribution in [-0.4, -0.2) is 59.5 Å². The third kappa shape index (κ3) is 6.43. The third-order valence-corrected chi connectivity index (χ3v) is 4.71. The van der Waals surface area contributed by atoms with Crippen molar-refractivity contribution < 1.29 is 24.2 Å². The molecule has 0 atom stereocenters. The molecule has 3 rings (SSSR count). The van der Waals surface area contributed by atoms with Crippen LogP contribution in [0.4, 0.5) is 10.7 Å². The number of imidazole rings is 1. The van der Waals surface area contributed by atoms with Crippen LogP contribution in [-0.2, 0) is 17.8 Å². The zero-order valence-corrected chi connectivity index (χ0v) is 20.3. The molecule has 3 aromatic heterocycles. The number of carboxylic acids is 1. The molecule has 0 aliphatic heterocycles. The van der Waals surface area contributed by atoms with Gasteiger partial charge in [-0.2, -0.15) is 10.1 Å². The van der Waals surface area contributed by atoms with Crippen molar-refractivity contribution in [2.24, 2.45) is 0 Å². The Morgan fingerprint density at radius 2 is 1.91 bits per heavy atom. The number of nitrogens with zero attached hydrogens (tertiary/aromatic N) is 5. The van der Waals surface area contributed by atoms with E-state index in [-0.39, 0.29) is 30.4 Å². The predicted octanol–water partition coefficient (Wildman–Crippen LogP) is 2.99. The van der Waals surface area contributed by atoms with Crippen LogP contribution < -0.4 is 10.6 Å². The molecule has 3 heterocycles. The maximum Gasteiger partial charge on any atom is 0.407 e. The van der Waals surface area contributed by atoms with Crippen molar-refractivity contribution in [3.8, 4) is 0 Å². The largest absolute Gasteiger partial charge is 0.477 e. The number of aromatic nitrogens is 5. The molecule has 0 radical (unpaired) electrons. The van der Waals surface area contributed by atoms with Gasteiger partial charge >= 0.3 is 12.1 Å². The highest BCUT2D eigenvalue weighted by atomic mass is 16.6. The van der Waals surface area contributed by atoms with Crippen molar-refractivity contribution in [1.82, 2.24) is 29.6 Å². The Labute approximate surface area is 202 Å². The lowest BCUT2D eigenvalue weighted by molar-refractivity contribution is 0.0533. The monoisotopic (exact) mass is 483 g/mol. The number of hydrogen-bond acceptors (Lipinski definition) is 7. The molecular weight excluding hydrogens is 454 g/mol. The zero-order chi connectivity index (χ0) is 25.8. The SMILES string of the molecule is CCn1nc(C)cc1C(=O)Nc1nc2nc(C(=O)O)ccc2n1C/C=C/CNC(=O)OC(C)(C)C. The number of pyridine rings is 1. The number of nitrogens with one attached hydrogen (secondary N) is 2. The molecule has 0 unspecified atom stereocenters. The standard InChI is InChI=1S/C23H29N7O5/c1-6-30-17(13-14(2)28-30)19(31)27-21-26-18-16(10-9-15(25-18)20(32)33)29(21)12-8-7-11-24-22(34)35-23(3,4)5/h7-10,13H,6,11-12H2,1-5H3,(H,24,34)(H,32,33)(H,25,26,27,31)/b8-7+. The lowest BCUT2D eigenvalue weighted by Crippen LogP contribution is -2.32. The number of aromatic carboxylic acids is 1. The van der Waals surface area contributed by atoms with Crippen LogP contribution >= 0.6 is 0 Å². The van der Waals surface area contributed by atoms with Crippen LogP contribution in [0.5, 0.6) is 0 Å². The number of alkyl carbamates (subject to hydrolysis) is 1. The average molecular weight is 484 g/mol. The predicted molar refractivity (Wildman–Crippen MR) is 128 cm³/mol. The fourth-order valence-corrected chi connectivity index (χ4v) is 3.26. The molecular formula is C23H29N7O5. The highest BCUT2D eigenvalue weighted by Gasteiger charge is 2.19. The fraction of sp³-hybridized carbons (Fsp3) is 0.391. The number of fused-ring (bicyclic) bond motifs is 1. The summed E-state index contributed by atoms with van der Waals surface area (Å²) in [6.45, 7) is 10.0. The van der Waals surface area contributed by atoms with Gasteiger partial charge in [-0.3, -0.25) is 14.8 Å². The number of hydrogen-bond donors (Lipinski definition) is 3. The number of anilines is 1. The van der Waals surface area contributed by atoms with Crippen LogP contribution in [0.3, 0.4) is 0 Å². The summed E-state index contributed by atoms with van der Waals surface area (Å²) in [4.78, 5) is 44.5. The van der Waals surface area contributed by atoms with Crippen LogP contribution in [0.2, 0.25) is 0 Å². The second kappa shape index (κ2) is 10.4. The van der Waals surface area contributed by atoms with Crippen molar-refractivity contribution in [2.75, 3.05) is 11.9 Å². The zero-order valence-electron chi connectivity index (χ0n) is 20.3. The normalized spacial score (nSPS) is 11.7. The summed E-state index contributed by atoms with van der Waals surface area (Å²) in [6, 6.07) is 4.63. The highest BCUT2D eigenvalue weighted by molar-refractivity contribution is 6.03. The molecule has 186 valence electrons. The lowest BCUT2D eigenvalue weighted by Gasteiger charge is -2.19. The molecule has 2 amide bonds. The molecule has 0 aromatic carbocycles. The highest BCUT2D eigenvalue weighted by Crippen LogP contribution is 2.20. The number of carboxylic acid groups (broad SMARTS) is 1. The molecule has 12 nitrogen and oxygen atoms in total. The van der Waals surface area contributed by atoms with Gasteiger partial charge in [0, 0.05) is 19.6 Å². The van der Waals surface area contributed by atoms with Crippen LogP contribution in [0.15, 0.2) is 30.4 Å². The molecule has 0 saturated heterocycles. The van der Waals surface area contributed by atoms with Gasteiger partial charge in [-0.05, 0) is 52.8 Å². The Kier molecular flexibility index (Phi) is 7.52. The second-order valence-electron chi connectivity index (χ2n) is 8.69. The van der Waals surface area contributed by atoms with Gasteiger partial charge < -0.3 is 19.7 Å². The van der Waals surface area contributed by atoms with Gasteiger partial charge in [-0.1, -0.05) is 12.2 Å². The van der Waals surface area contributed by atoms with E-state index in [4.69, 9.17) is 4.74 Å². The van der Waals surface area contributed by atoms with Gasteiger partial charge in [0.15, 0.2) is 11.3 Å². The first-order chi connectivity index (χ1) is 16.5. The van der Waals surface area contributed by atoms with Gasteiger partial charge in [-0.25, -0.2) is 14.6 Å². The van der Waals surface area contributed by atoms with Gasteiger partial charge in [0.2, 0.25) is 5.95 Å². The van der Waals surface area contributed by atoms with E-state index < -0.39 is 23.6 Å². The molecule has 3 N–H and O–H groups in total. The summed E-state index contributed by atoms with van der Waals surface area (Å²) in [5.41, 5.74) is 1.05. The summed E-state index contributed by atoms with van der Waals surface area (Å²) < 4.78 is 8.47. The van der Waals surface area contributed by atoms with Crippen molar-refractivity contribution in [1.29, 1.82) is 0 Å². The Balaban J connectivity index is 1.83. The number of amides is 2. The van der Waals surface area contributed by atoms with Gasteiger partial charge in [0.05, 0.1) is 11.2 Å². The molecule has 0 aliphatic rings. The Morgan fingerprint density at radius 3 is 2.57 bits per heavy atom. The average Bonchev–Trinajstić information content (AvgIpc) is 3.31. The van der Waals surface area contributed by atoms with Crippen molar-refractivity contribution in [2.45, 2.75) is 53.3 Å². The Hall–Kier alpha value is -4.22. The number of allylic oxidation sites excluding steroid dienone is 1. The van der Waals surface area contributed by atoms with Gasteiger partial charge in [0.25, 0.3) is 5.91 Å². The quantitative estimate of drug-likeness (QED) is 0.413. The minimum Gasteiger partial charge on any atom is -0.477 e. The van der Waals surface area contributed by atoms with E-state index >= 15 is 0 Å². The molecule has 0 aliphatic carbocycles. The summed E-state index contributed by atoms with van der Waals surface area (Å²) >= 11 is 0. The molecule has 12 heteroatoms. The molecule has 0 saturated carbocycles. The maximum atomic E-state index is 13.0. The number of rotatable bonds is 8. The third-order valence-electron chi connectivity index (χ3n) is 4.71. The number of carbonyl (C=O) groups is 3. The number of ether oxygens (including phenoxy) is 1. The summed E-state index contributed by atoms with van der Waals surface area (Å²) in [7, 11) is 0. The maximum absolute atomic E-state index is 13.0. The van der Waals surface area contributed by atoms with E-state index in [0.29, 0.717) is 23.4 Å². The number of aryl methyl sites for hydroxylation is 2. The topological polar surface area (TPSA) is 153 Å². The summed E-state index contributed by atoms with van der Waals surface area (Å²) in [6.07, 6.45) is 2.98. The van der Waals surface area contributed by atoms with Gasteiger partial charge in [-0.15, -0.1) is 0 Å². The van der Waals surface area contributed by atoms with Crippen molar-refractivity contribution in [3.63, 3.8) is 0 Å². The van der Waals surface area contributed by atoms with E-state index in [1.54, 1.807) is 61.2 Å². The van der Waals surface area contributed by atoms with Crippen molar-refractivity contribution >= 4 is 35.1 Å². The van der Waals surface area contributed by atoms with Crippen molar-refractivity contribution in [3.05, 3.63) is 47.4 Å². The van der Waals surface area contributed by atoms with E-state index in [9.17, 15) is 19.5 Å². The second-order valence-corrected chi connectivity index (χ2v) is 8.69. The molecule has 3 aromatic rings. The van der Waals surface area contributed by atoms with Crippen LogP contribution in [0.1, 0.15) is 54.4 Å². The minimum atomic E-state index is -1.18. The summed E-state index contributed by atoms with van der Waals surface area (Å²) in [5.74, 6) is -1.38. The first-order valence-electron chi connectivity index (χ1n) is 11.1. The van der Waals surface area contributed by atoms with Crippen LogP contribution in [0, 0.1) is 6.92 Å². The Bertz CT molecular complexity index is 1280. The van der Waals surface area contributed by atoms with Crippen LogP contribution in [0.25, 0.3) is 11.2 Å². The molecule has 35 heavy (non-hydrogen) atoms. The molecule has 0 fully saturated rings. The van der Waals surface area contributed by atoms with E-state index in [1.165, 1.54) is 6.07 Å². The Morgan fingerprint density at radius 1 is 1.17 bits per heavy atom. The fourth-order valence-electron chi connectivity index (χ4n) is 3.26. The first kappa shape index (κ1) is 25.4. The summed E-state index contributed by atoms with van der Waals surface area (Å²) in [5, 5.41) is 19.0. The first-order valence-corrected chi connectivity index (χ1v) is 11.1. The van der Waals surface area contributed by atoms with E-state index in [1.807, 2.05) is 6.92 Å². The number of carbonyl (C=O) groups excluding carboxylic acids is 2. The minimum absolute atomic E-state index is 0.156. The molecule has 0 bridgehead atoms. The van der Waals surface area contributed by atoms with E-state index in [0.717, 1.165) is 0 Å². The lowest BCUT2D eigenvalue weighted by atomic mass is 10.2.